The van der Waals surface area contributed by atoms with E-state index in [1.54, 1.807) is 54.9 Å². The molecule has 1 aromatic heterocycles. The summed E-state index contributed by atoms with van der Waals surface area (Å²) in [7, 11) is 1.53. The first-order valence-corrected chi connectivity index (χ1v) is 11.9. The van der Waals surface area contributed by atoms with Crippen molar-refractivity contribution >= 4 is 17.4 Å². The van der Waals surface area contributed by atoms with Crippen LogP contribution in [0.2, 0.25) is 0 Å². The van der Waals surface area contributed by atoms with Crippen molar-refractivity contribution < 1.29 is 24.2 Å². The molecule has 1 saturated heterocycles. The number of carbonyl (C=O) groups excluding carboxylic acids is 2. The van der Waals surface area contributed by atoms with E-state index in [-0.39, 0.29) is 17.9 Å². The molecule has 1 aliphatic rings. The summed E-state index contributed by atoms with van der Waals surface area (Å²) in [6, 6.07) is 15.2. The van der Waals surface area contributed by atoms with E-state index in [0.717, 1.165) is 11.1 Å². The van der Waals surface area contributed by atoms with Crippen LogP contribution in [0.3, 0.4) is 0 Å². The monoisotopic (exact) mass is 486 g/mol. The van der Waals surface area contributed by atoms with Gasteiger partial charge in [0.15, 0.2) is 0 Å². The van der Waals surface area contributed by atoms with E-state index in [0.29, 0.717) is 35.2 Å². The van der Waals surface area contributed by atoms with Gasteiger partial charge in [0.1, 0.15) is 17.3 Å². The van der Waals surface area contributed by atoms with Gasteiger partial charge in [-0.15, -0.1) is 0 Å². The van der Waals surface area contributed by atoms with Gasteiger partial charge in [0.25, 0.3) is 11.7 Å². The Morgan fingerprint density at radius 3 is 2.44 bits per heavy atom. The molecule has 3 aromatic rings. The van der Waals surface area contributed by atoms with Crippen molar-refractivity contribution in [2.24, 2.45) is 5.92 Å². The molecular weight excluding hydrogens is 456 g/mol. The number of nitrogens with zero attached hydrogens (tertiary/aromatic N) is 2. The zero-order valence-corrected chi connectivity index (χ0v) is 20.9. The van der Waals surface area contributed by atoms with E-state index in [2.05, 4.69) is 18.8 Å². The number of likely N-dealkylation sites (tertiary alicyclic amines) is 1. The van der Waals surface area contributed by atoms with E-state index < -0.39 is 17.7 Å². The Morgan fingerprint density at radius 2 is 1.78 bits per heavy atom. The van der Waals surface area contributed by atoms with Gasteiger partial charge >= 0.3 is 0 Å². The quantitative estimate of drug-likeness (QED) is 0.272. The first kappa shape index (κ1) is 25.0. The number of hydrogen-bond acceptors (Lipinski definition) is 6. The minimum atomic E-state index is -0.827. The molecule has 7 heteroatoms. The number of aryl methyl sites for hydroxylation is 1. The van der Waals surface area contributed by atoms with E-state index in [9.17, 15) is 14.7 Å². The molecule has 0 spiro atoms. The number of aliphatic hydroxyl groups excluding tert-OH is 1. The summed E-state index contributed by atoms with van der Waals surface area (Å²) >= 11 is 0. The lowest BCUT2D eigenvalue weighted by atomic mass is 9.94. The van der Waals surface area contributed by atoms with Crippen molar-refractivity contribution in [3.8, 4) is 11.5 Å². The van der Waals surface area contributed by atoms with Gasteiger partial charge in [-0.25, -0.2) is 0 Å². The summed E-state index contributed by atoms with van der Waals surface area (Å²) in [6.07, 6.45) is 3.27. The number of para-hydroxylation sites is 1. The van der Waals surface area contributed by atoms with Crippen LogP contribution in [0, 0.1) is 12.8 Å². The first-order chi connectivity index (χ1) is 17.3. The molecule has 36 heavy (non-hydrogen) atoms. The van der Waals surface area contributed by atoms with Crippen molar-refractivity contribution in [2.45, 2.75) is 33.4 Å². The van der Waals surface area contributed by atoms with Crippen LogP contribution in [-0.2, 0) is 16.1 Å². The van der Waals surface area contributed by atoms with Gasteiger partial charge in [-0.1, -0.05) is 32.0 Å². The molecule has 2 heterocycles. The van der Waals surface area contributed by atoms with Crippen LogP contribution >= 0.6 is 0 Å². The minimum Gasteiger partial charge on any atom is -0.507 e. The second kappa shape index (κ2) is 10.6. The number of methoxy groups -OCH3 is 1. The Labute approximate surface area is 211 Å². The number of carbonyl (C=O) groups is 2. The topological polar surface area (TPSA) is 89.0 Å². The van der Waals surface area contributed by atoms with Gasteiger partial charge in [0, 0.05) is 30.1 Å². The van der Waals surface area contributed by atoms with Crippen molar-refractivity contribution in [2.75, 3.05) is 13.7 Å². The highest BCUT2D eigenvalue weighted by Crippen LogP contribution is 2.43. The van der Waals surface area contributed by atoms with Crippen LogP contribution < -0.4 is 9.47 Å². The zero-order chi connectivity index (χ0) is 25.8. The summed E-state index contributed by atoms with van der Waals surface area (Å²) in [5.74, 6) is -0.0638. The van der Waals surface area contributed by atoms with Gasteiger partial charge in [-0.05, 0) is 60.4 Å². The molecule has 2 aromatic carbocycles. The molecule has 0 aliphatic carbocycles. The van der Waals surface area contributed by atoms with Crippen molar-refractivity contribution in [3.63, 3.8) is 0 Å². The molecule has 7 nitrogen and oxygen atoms in total. The molecular formula is C29H30N2O5. The molecule has 1 fully saturated rings. The Morgan fingerprint density at radius 1 is 1.06 bits per heavy atom. The maximum Gasteiger partial charge on any atom is 0.295 e. The number of benzene rings is 2. The zero-order valence-electron chi connectivity index (χ0n) is 20.9. The number of Topliss-reactive ketones (excluding diaryl/α,β-unsaturated/α-hetero) is 1. The van der Waals surface area contributed by atoms with Gasteiger partial charge < -0.3 is 19.5 Å². The molecule has 1 aliphatic heterocycles. The maximum absolute atomic E-state index is 13.3. The van der Waals surface area contributed by atoms with Crippen LogP contribution in [0.1, 0.15) is 42.1 Å². The van der Waals surface area contributed by atoms with Gasteiger partial charge in [0.2, 0.25) is 0 Å². The third-order valence-electron chi connectivity index (χ3n) is 6.10. The van der Waals surface area contributed by atoms with E-state index >= 15 is 0 Å². The van der Waals surface area contributed by atoms with Crippen molar-refractivity contribution in [1.82, 2.24) is 9.88 Å². The first-order valence-electron chi connectivity index (χ1n) is 11.9. The predicted molar refractivity (Wildman–Crippen MR) is 137 cm³/mol. The molecule has 0 saturated carbocycles. The van der Waals surface area contributed by atoms with Crippen molar-refractivity contribution in [1.29, 1.82) is 0 Å². The Hall–Kier alpha value is -4.13. The van der Waals surface area contributed by atoms with E-state index in [1.165, 1.54) is 12.0 Å². The molecule has 0 bridgehead atoms. The smallest absolute Gasteiger partial charge is 0.295 e. The SMILES string of the molecule is COc1ccccc1C1/C(=C(\O)c2ccc(OCC(C)C)c(C)c2)C(=O)C(=O)N1Cc1ccncc1. The van der Waals surface area contributed by atoms with Gasteiger partial charge in [-0.2, -0.15) is 0 Å². The lowest BCUT2D eigenvalue weighted by Crippen LogP contribution is -2.29. The Kier molecular flexibility index (Phi) is 7.38. The molecule has 0 radical (unpaired) electrons. The highest BCUT2D eigenvalue weighted by atomic mass is 16.5. The normalized spacial score (nSPS) is 17.0. The fraction of sp³-hybridized carbons (Fsp3) is 0.276. The highest BCUT2D eigenvalue weighted by Gasteiger charge is 2.47. The number of ether oxygens (including phenoxy) is 2. The second-order valence-corrected chi connectivity index (χ2v) is 9.21. The van der Waals surface area contributed by atoms with E-state index in [1.807, 2.05) is 19.1 Å². The average molecular weight is 487 g/mol. The second-order valence-electron chi connectivity index (χ2n) is 9.21. The summed E-state index contributed by atoms with van der Waals surface area (Å²) in [6.45, 7) is 6.76. The number of amides is 1. The number of pyridine rings is 1. The van der Waals surface area contributed by atoms with Crippen LogP contribution in [0.15, 0.2) is 72.6 Å². The van der Waals surface area contributed by atoms with E-state index in [4.69, 9.17) is 9.47 Å². The number of hydrogen-bond donors (Lipinski definition) is 1. The van der Waals surface area contributed by atoms with Crippen LogP contribution in [0.5, 0.6) is 11.5 Å². The van der Waals surface area contributed by atoms with Gasteiger partial charge in [-0.3, -0.25) is 14.6 Å². The fourth-order valence-electron chi connectivity index (χ4n) is 4.31. The average Bonchev–Trinajstić information content (AvgIpc) is 3.12. The summed E-state index contributed by atoms with van der Waals surface area (Å²) in [5.41, 5.74) is 2.71. The number of aliphatic hydroxyl groups is 1. The standard InChI is InChI=1S/C29H30N2O5/c1-18(2)17-36-23-10-9-21(15-19(23)3)27(32)25-26(22-7-5-6-8-24(22)35-4)31(29(34)28(25)33)16-20-11-13-30-14-12-20/h5-15,18,26,32H,16-17H2,1-4H3/b27-25+. The molecule has 186 valence electrons. The fourth-order valence-corrected chi connectivity index (χ4v) is 4.31. The summed E-state index contributed by atoms with van der Waals surface area (Å²) in [5, 5.41) is 11.4. The number of ketones is 1. The third-order valence-corrected chi connectivity index (χ3v) is 6.10. The molecule has 1 atom stereocenters. The lowest BCUT2D eigenvalue weighted by molar-refractivity contribution is -0.140. The molecule has 4 rings (SSSR count). The lowest BCUT2D eigenvalue weighted by Gasteiger charge is -2.26. The van der Waals surface area contributed by atoms with Crippen LogP contribution in [-0.4, -0.2) is 40.4 Å². The number of rotatable bonds is 8. The number of aromatic nitrogens is 1. The largest absolute Gasteiger partial charge is 0.507 e. The third kappa shape index (κ3) is 4.96. The predicted octanol–water partition coefficient (Wildman–Crippen LogP) is 5.06. The molecule has 1 amide bonds. The molecule has 1 unspecified atom stereocenters. The van der Waals surface area contributed by atoms with Gasteiger partial charge in [0.05, 0.1) is 25.3 Å². The Bertz CT molecular complexity index is 1300. The Balaban J connectivity index is 1.82. The summed E-state index contributed by atoms with van der Waals surface area (Å²) in [4.78, 5) is 32.1. The summed E-state index contributed by atoms with van der Waals surface area (Å²) < 4.78 is 11.4. The minimum absolute atomic E-state index is 0.0220. The maximum atomic E-state index is 13.3. The molecule has 1 N–H and O–H groups in total. The van der Waals surface area contributed by atoms with Crippen LogP contribution in [0.4, 0.5) is 0 Å². The van der Waals surface area contributed by atoms with Crippen molar-refractivity contribution in [3.05, 3.63) is 94.8 Å². The highest BCUT2D eigenvalue weighted by molar-refractivity contribution is 6.46. The van der Waals surface area contributed by atoms with Crippen LogP contribution in [0.25, 0.3) is 5.76 Å².